The average Bonchev–Trinajstić information content (AvgIpc) is 3.54. The smallest absolute Gasteiger partial charge is 0.268 e. The van der Waals surface area contributed by atoms with Crippen molar-refractivity contribution in [1.82, 2.24) is 15.2 Å². The summed E-state index contributed by atoms with van der Waals surface area (Å²) in [5, 5.41) is 25.7. The summed E-state index contributed by atoms with van der Waals surface area (Å²) < 4.78 is 1.82. The topological polar surface area (TPSA) is 107 Å². The van der Waals surface area contributed by atoms with Gasteiger partial charge < -0.3 is 20.3 Å². The number of hydrogen-bond donors (Lipinski definition) is 3. The number of hydrogen-bond acceptors (Lipinski definition) is 4. The largest absolute Gasteiger partial charge is 0.395 e. The lowest BCUT2D eigenvalue weighted by Crippen LogP contribution is -2.50. The van der Waals surface area contributed by atoms with Crippen LogP contribution in [0.5, 0.6) is 0 Å². The van der Waals surface area contributed by atoms with Gasteiger partial charge in [0.25, 0.3) is 5.91 Å². The van der Waals surface area contributed by atoms with E-state index in [-0.39, 0.29) is 36.3 Å². The van der Waals surface area contributed by atoms with Crippen LogP contribution in [0.15, 0.2) is 30.3 Å². The van der Waals surface area contributed by atoms with E-state index < -0.39 is 6.04 Å². The Morgan fingerprint density at radius 1 is 1.20 bits per heavy atom. The number of nitriles is 1. The van der Waals surface area contributed by atoms with Crippen LogP contribution in [0.3, 0.4) is 0 Å². The molecule has 3 unspecified atom stereocenters. The molecule has 2 aliphatic rings. The molecule has 2 aromatic rings. The highest BCUT2D eigenvalue weighted by atomic mass is 16.3. The maximum atomic E-state index is 13.1. The van der Waals surface area contributed by atoms with Crippen molar-refractivity contribution in [2.45, 2.75) is 57.2 Å². The first kappa shape index (κ1) is 20.4. The highest BCUT2D eigenvalue weighted by molar-refractivity contribution is 5.99. The van der Waals surface area contributed by atoms with Crippen molar-refractivity contribution in [2.24, 2.45) is 11.8 Å². The summed E-state index contributed by atoms with van der Waals surface area (Å²) in [6.07, 6.45) is 5.32. The molecular weight excluding hydrogens is 380 g/mol. The zero-order valence-electron chi connectivity index (χ0n) is 17.0. The predicted octanol–water partition coefficient (Wildman–Crippen LogP) is 2.34. The van der Waals surface area contributed by atoms with Crippen LogP contribution in [0.1, 0.15) is 49.0 Å². The van der Waals surface area contributed by atoms with Gasteiger partial charge in [-0.25, -0.2) is 0 Å². The van der Waals surface area contributed by atoms with Gasteiger partial charge in [-0.3, -0.25) is 9.59 Å². The monoisotopic (exact) mass is 408 g/mol. The molecule has 4 rings (SSSR count). The Kier molecular flexibility index (Phi) is 6.05. The molecule has 2 fully saturated rings. The zero-order chi connectivity index (χ0) is 21.1. The lowest BCUT2D eigenvalue weighted by Gasteiger charge is -2.32. The first-order valence-electron chi connectivity index (χ1n) is 10.8. The van der Waals surface area contributed by atoms with Gasteiger partial charge in [0, 0.05) is 23.5 Å². The average molecular weight is 409 g/mol. The number of carbonyl (C=O) groups is 2. The van der Waals surface area contributed by atoms with E-state index in [4.69, 9.17) is 0 Å². The van der Waals surface area contributed by atoms with Crippen molar-refractivity contribution in [3.05, 3.63) is 36.0 Å². The molecule has 2 saturated carbocycles. The number of fused-ring (bicyclic) bond motifs is 1. The number of aliphatic hydroxyl groups excluding tert-OH is 1. The fraction of sp³-hybridized carbons (Fsp3) is 0.522. The highest BCUT2D eigenvalue weighted by Gasteiger charge is 2.37. The maximum absolute atomic E-state index is 13.1. The van der Waals surface area contributed by atoms with Gasteiger partial charge in [0.2, 0.25) is 5.91 Å². The third kappa shape index (κ3) is 4.19. The minimum absolute atomic E-state index is 0.0653. The van der Waals surface area contributed by atoms with Crippen LogP contribution < -0.4 is 10.6 Å². The number of amides is 2. The van der Waals surface area contributed by atoms with E-state index in [9.17, 15) is 20.0 Å². The van der Waals surface area contributed by atoms with Crippen molar-refractivity contribution in [1.29, 1.82) is 5.26 Å². The third-order valence-corrected chi connectivity index (χ3v) is 6.32. The first-order chi connectivity index (χ1) is 14.6. The standard InChI is InChI=1S/C23H28N4O3/c24-14-19(15-9-10-15)26-22(29)17-6-2-3-7-18(17)25-23(30)21-13-16-5-1-4-8-20(16)27(21)11-12-28/h1,4-5,8,13,15,17-19,28H,2-3,6-7,9-12H2,(H,25,30)(H,26,29). The Hall–Kier alpha value is -2.85. The van der Waals surface area contributed by atoms with Crippen LogP contribution in [0, 0.1) is 23.2 Å². The van der Waals surface area contributed by atoms with Crippen molar-refractivity contribution in [2.75, 3.05) is 6.61 Å². The van der Waals surface area contributed by atoms with Crippen LogP contribution in [-0.4, -0.2) is 40.2 Å². The second kappa shape index (κ2) is 8.88. The van der Waals surface area contributed by atoms with Gasteiger partial charge in [0.05, 0.1) is 18.6 Å². The fourth-order valence-electron chi connectivity index (χ4n) is 4.54. The van der Waals surface area contributed by atoms with Crippen molar-refractivity contribution < 1.29 is 14.7 Å². The number of aromatic nitrogens is 1. The Balaban J connectivity index is 1.51. The van der Waals surface area contributed by atoms with E-state index in [0.29, 0.717) is 18.7 Å². The van der Waals surface area contributed by atoms with E-state index in [0.717, 1.165) is 43.0 Å². The van der Waals surface area contributed by atoms with E-state index in [2.05, 4.69) is 16.7 Å². The predicted molar refractivity (Wildman–Crippen MR) is 113 cm³/mol. The van der Waals surface area contributed by atoms with Crippen LogP contribution in [-0.2, 0) is 11.3 Å². The number of nitrogens with zero attached hydrogens (tertiary/aromatic N) is 2. The quantitative estimate of drug-likeness (QED) is 0.654. The lowest BCUT2D eigenvalue weighted by molar-refractivity contribution is -0.127. The summed E-state index contributed by atoms with van der Waals surface area (Å²) in [5.41, 5.74) is 1.39. The fourth-order valence-corrected chi connectivity index (χ4v) is 4.54. The number of benzene rings is 1. The van der Waals surface area contributed by atoms with Gasteiger partial charge in [0.15, 0.2) is 0 Å². The molecule has 3 atom stereocenters. The summed E-state index contributed by atoms with van der Waals surface area (Å²) in [5.74, 6) is -0.421. The van der Waals surface area contributed by atoms with E-state index >= 15 is 0 Å². The minimum atomic E-state index is -0.428. The van der Waals surface area contributed by atoms with Crippen molar-refractivity contribution in [3.63, 3.8) is 0 Å². The van der Waals surface area contributed by atoms with Crippen LogP contribution in [0.4, 0.5) is 0 Å². The molecule has 2 aliphatic carbocycles. The molecule has 3 N–H and O–H groups in total. The number of nitrogens with one attached hydrogen (secondary N) is 2. The third-order valence-electron chi connectivity index (χ3n) is 6.32. The molecule has 1 heterocycles. The number of carbonyl (C=O) groups excluding carboxylic acids is 2. The van der Waals surface area contributed by atoms with Gasteiger partial charge in [-0.1, -0.05) is 31.0 Å². The summed E-state index contributed by atoms with van der Waals surface area (Å²) in [6, 6.07) is 11.0. The SMILES string of the molecule is N#CC(NC(=O)C1CCCCC1NC(=O)c1cc2ccccc2n1CCO)C1CC1. The molecule has 2 amide bonds. The molecule has 0 bridgehead atoms. The van der Waals surface area contributed by atoms with Gasteiger partial charge >= 0.3 is 0 Å². The van der Waals surface area contributed by atoms with Crippen LogP contribution >= 0.6 is 0 Å². The van der Waals surface area contributed by atoms with E-state index in [1.54, 1.807) is 0 Å². The summed E-state index contributed by atoms with van der Waals surface area (Å²) in [4.78, 5) is 26.0. The lowest BCUT2D eigenvalue weighted by atomic mass is 9.83. The summed E-state index contributed by atoms with van der Waals surface area (Å²) in [6.45, 7) is 0.264. The van der Waals surface area contributed by atoms with Crippen molar-refractivity contribution in [3.8, 4) is 6.07 Å². The Labute approximate surface area is 176 Å². The molecule has 7 heteroatoms. The molecular formula is C23H28N4O3. The Morgan fingerprint density at radius 2 is 1.97 bits per heavy atom. The molecule has 158 valence electrons. The molecule has 1 aromatic carbocycles. The van der Waals surface area contributed by atoms with Gasteiger partial charge in [-0.05, 0) is 43.7 Å². The first-order valence-corrected chi connectivity index (χ1v) is 10.8. The number of rotatable bonds is 7. The van der Waals surface area contributed by atoms with Crippen LogP contribution in [0.25, 0.3) is 10.9 Å². The van der Waals surface area contributed by atoms with Gasteiger partial charge in [-0.2, -0.15) is 5.26 Å². The summed E-state index contributed by atoms with van der Waals surface area (Å²) in [7, 11) is 0. The molecule has 0 spiro atoms. The molecule has 1 aromatic heterocycles. The zero-order valence-corrected chi connectivity index (χ0v) is 17.0. The van der Waals surface area contributed by atoms with Crippen molar-refractivity contribution >= 4 is 22.7 Å². The molecule has 0 aliphatic heterocycles. The molecule has 0 radical (unpaired) electrons. The number of para-hydroxylation sites is 1. The minimum Gasteiger partial charge on any atom is -0.395 e. The molecule has 7 nitrogen and oxygen atoms in total. The van der Waals surface area contributed by atoms with Gasteiger partial charge in [0.1, 0.15) is 11.7 Å². The molecule has 30 heavy (non-hydrogen) atoms. The second-order valence-electron chi connectivity index (χ2n) is 8.39. The van der Waals surface area contributed by atoms with E-state index in [1.807, 2.05) is 34.9 Å². The highest BCUT2D eigenvalue weighted by Crippen LogP contribution is 2.33. The summed E-state index contributed by atoms with van der Waals surface area (Å²) >= 11 is 0. The van der Waals surface area contributed by atoms with E-state index in [1.165, 1.54) is 0 Å². The normalized spacial score (nSPS) is 22.3. The molecule has 0 saturated heterocycles. The van der Waals surface area contributed by atoms with Gasteiger partial charge in [-0.15, -0.1) is 0 Å². The Morgan fingerprint density at radius 3 is 2.70 bits per heavy atom. The van der Waals surface area contributed by atoms with Crippen LogP contribution in [0.2, 0.25) is 0 Å². The Bertz CT molecular complexity index is 972. The second-order valence-corrected chi connectivity index (χ2v) is 8.39. The number of aliphatic hydroxyl groups is 1. The maximum Gasteiger partial charge on any atom is 0.268 e.